The van der Waals surface area contributed by atoms with Gasteiger partial charge in [0.05, 0.1) is 28.8 Å². The van der Waals surface area contributed by atoms with Gasteiger partial charge >= 0.3 is 5.97 Å². The molecule has 8 nitrogen and oxygen atoms in total. The number of nitrogens with one attached hydrogen (secondary N) is 2. The van der Waals surface area contributed by atoms with E-state index in [4.69, 9.17) is 27.9 Å². The Kier molecular flexibility index (Phi) is 9.61. The minimum absolute atomic E-state index is 0.178. The van der Waals surface area contributed by atoms with E-state index in [0.717, 1.165) is 73.7 Å². The van der Waals surface area contributed by atoms with Gasteiger partial charge in [0, 0.05) is 40.8 Å². The molecule has 0 bridgehead atoms. The summed E-state index contributed by atoms with van der Waals surface area (Å²) in [6.07, 6.45) is 4.17. The molecule has 1 fully saturated rings. The van der Waals surface area contributed by atoms with Crippen LogP contribution in [-0.2, 0) is 18.3 Å². The number of hydrogen-bond donors (Lipinski definition) is 3. The summed E-state index contributed by atoms with van der Waals surface area (Å²) in [6, 6.07) is 7.75. The number of rotatable bonds is 10. The van der Waals surface area contributed by atoms with Crippen molar-refractivity contribution in [3.63, 3.8) is 0 Å². The van der Waals surface area contributed by atoms with E-state index >= 15 is 0 Å². The van der Waals surface area contributed by atoms with E-state index in [1.54, 1.807) is 0 Å². The Balaban J connectivity index is 1.42. The molecule has 1 saturated carbocycles. The van der Waals surface area contributed by atoms with Crippen LogP contribution < -0.4 is 10.1 Å². The van der Waals surface area contributed by atoms with Crippen molar-refractivity contribution in [1.29, 1.82) is 0 Å². The number of aliphatic carboxylic acids is 1. The molecule has 234 valence electrons. The fraction of sp³-hybridized carbons (Fsp3) is 0.441. The normalized spacial score (nSPS) is 16.8. The Hall–Kier alpha value is -3.49. The summed E-state index contributed by atoms with van der Waals surface area (Å²) in [5.41, 5.74) is 7.81. The standard InChI is InChI=1S/C34H40Cl2N4O4/c1-18-15-24(16-19(2)30(18)36)44-14-6-7-25-26-12-13-27(35)29(28-20(3)39-40(5)21(28)4)31(26)38-32(25)33(41)37-17-22-8-10-23(11-9-22)34(42)43/h12-13,15-16,22-23,38H,6-11,14,17H2,1-5H3,(H,37,41)(H,42,43)/t22-,23-. The SMILES string of the molecule is Cc1cc(OCCCc2c(C(=O)NC[C@H]3CC[C@H](C(=O)O)CC3)[nH]c3c(-c4c(C)nn(C)c4C)c(Cl)ccc23)cc(C)c1Cl. The van der Waals surface area contributed by atoms with Gasteiger partial charge in [-0.05, 0) is 107 Å². The largest absolute Gasteiger partial charge is 0.494 e. The molecule has 2 aromatic heterocycles. The van der Waals surface area contributed by atoms with Crippen molar-refractivity contribution in [3.8, 4) is 16.9 Å². The maximum Gasteiger partial charge on any atom is 0.306 e. The topological polar surface area (TPSA) is 109 Å². The van der Waals surface area contributed by atoms with E-state index in [1.807, 2.05) is 63.7 Å². The molecule has 2 aromatic carbocycles. The van der Waals surface area contributed by atoms with Gasteiger partial charge in [-0.1, -0.05) is 29.3 Å². The molecular weight excluding hydrogens is 599 g/mol. The number of aromatic amines is 1. The number of carbonyl (C=O) groups excluding carboxylic acids is 1. The number of aryl methyl sites for hydroxylation is 5. The first-order valence-corrected chi connectivity index (χ1v) is 16.0. The summed E-state index contributed by atoms with van der Waals surface area (Å²) in [7, 11) is 1.91. The maximum atomic E-state index is 13.8. The number of carbonyl (C=O) groups is 2. The van der Waals surface area contributed by atoms with Gasteiger partial charge in [-0.3, -0.25) is 14.3 Å². The molecule has 5 rings (SSSR count). The minimum atomic E-state index is -0.728. The molecule has 44 heavy (non-hydrogen) atoms. The van der Waals surface area contributed by atoms with Gasteiger partial charge in [-0.25, -0.2) is 0 Å². The highest BCUT2D eigenvalue weighted by atomic mass is 35.5. The molecule has 10 heteroatoms. The Bertz CT molecular complexity index is 1690. The molecule has 0 atom stereocenters. The van der Waals surface area contributed by atoms with E-state index in [2.05, 4.69) is 15.4 Å². The number of halogens is 2. The molecule has 1 aliphatic rings. The Morgan fingerprint density at radius 1 is 1.07 bits per heavy atom. The van der Waals surface area contributed by atoms with Gasteiger partial charge in [0.15, 0.2) is 0 Å². The molecular formula is C34H40Cl2N4O4. The van der Waals surface area contributed by atoms with Crippen molar-refractivity contribution in [2.24, 2.45) is 18.9 Å². The van der Waals surface area contributed by atoms with E-state index in [9.17, 15) is 14.7 Å². The summed E-state index contributed by atoms with van der Waals surface area (Å²) in [4.78, 5) is 28.6. The van der Waals surface area contributed by atoms with Crippen LogP contribution in [0.25, 0.3) is 22.0 Å². The number of hydrogen-bond acceptors (Lipinski definition) is 4. The Morgan fingerprint density at radius 2 is 1.75 bits per heavy atom. The van der Waals surface area contributed by atoms with Gasteiger partial charge in [-0.15, -0.1) is 0 Å². The smallest absolute Gasteiger partial charge is 0.306 e. The van der Waals surface area contributed by atoms with E-state index in [1.165, 1.54) is 0 Å². The van der Waals surface area contributed by atoms with Crippen LogP contribution in [0.4, 0.5) is 0 Å². The number of ether oxygens (including phenoxy) is 1. The van der Waals surface area contributed by atoms with Crippen molar-refractivity contribution in [3.05, 3.63) is 68.1 Å². The monoisotopic (exact) mass is 638 g/mol. The number of carboxylic acids is 1. The fourth-order valence-electron chi connectivity index (χ4n) is 6.49. The van der Waals surface area contributed by atoms with E-state index < -0.39 is 5.97 Å². The second-order valence-electron chi connectivity index (χ2n) is 12.1. The van der Waals surface area contributed by atoms with Gasteiger partial charge in [0.2, 0.25) is 0 Å². The molecule has 4 aromatic rings. The number of aromatic nitrogens is 3. The minimum Gasteiger partial charge on any atom is -0.494 e. The van der Waals surface area contributed by atoms with E-state index in [0.29, 0.717) is 49.6 Å². The summed E-state index contributed by atoms with van der Waals surface area (Å²) in [5.74, 6) is -0.159. The van der Waals surface area contributed by atoms with Crippen LogP contribution in [0.15, 0.2) is 24.3 Å². The van der Waals surface area contributed by atoms with Crippen LogP contribution in [0.2, 0.25) is 10.0 Å². The first-order valence-electron chi connectivity index (χ1n) is 15.2. The number of H-pyrrole nitrogens is 1. The van der Waals surface area contributed by atoms with Crippen LogP contribution in [-0.4, -0.2) is 44.9 Å². The van der Waals surface area contributed by atoms with Crippen LogP contribution in [0.3, 0.4) is 0 Å². The number of carboxylic acid groups (broad SMARTS) is 1. The average molecular weight is 640 g/mol. The van der Waals surface area contributed by atoms with Crippen LogP contribution in [0.5, 0.6) is 5.75 Å². The van der Waals surface area contributed by atoms with Crippen molar-refractivity contribution in [2.45, 2.75) is 66.2 Å². The van der Waals surface area contributed by atoms with Crippen molar-refractivity contribution >= 4 is 46.0 Å². The summed E-state index contributed by atoms with van der Waals surface area (Å²) in [5, 5.41) is 19.4. The zero-order valence-electron chi connectivity index (χ0n) is 25.9. The lowest BCUT2D eigenvalue weighted by atomic mass is 9.82. The fourth-order valence-corrected chi connectivity index (χ4v) is 6.86. The zero-order valence-corrected chi connectivity index (χ0v) is 27.5. The third-order valence-electron chi connectivity index (χ3n) is 9.01. The van der Waals surface area contributed by atoms with Gasteiger partial charge in [-0.2, -0.15) is 5.10 Å². The zero-order chi connectivity index (χ0) is 31.7. The van der Waals surface area contributed by atoms with Crippen LogP contribution in [0, 0.1) is 39.5 Å². The van der Waals surface area contributed by atoms with Gasteiger partial charge in [0.1, 0.15) is 11.4 Å². The molecule has 2 heterocycles. The second-order valence-corrected chi connectivity index (χ2v) is 12.9. The highest BCUT2D eigenvalue weighted by molar-refractivity contribution is 6.35. The van der Waals surface area contributed by atoms with Gasteiger partial charge < -0.3 is 20.1 Å². The highest BCUT2D eigenvalue weighted by Crippen LogP contribution is 2.40. The number of amides is 1. The van der Waals surface area contributed by atoms with Crippen molar-refractivity contribution in [2.75, 3.05) is 13.2 Å². The van der Waals surface area contributed by atoms with Crippen molar-refractivity contribution < 1.29 is 19.4 Å². The van der Waals surface area contributed by atoms with Gasteiger partial charge in [0.25, 0.3) is 5.91 Å². The lowest BCUT2D eigenvalue weighted by Crippen LogP contribution is -2.33. The molecule has 0 unspecified atom stereocenters. The Labute approximate surface area is 268 Å². The molecule has 0 aliphatic heterocycles. The first kappa shape index (κ1) is 31.9. The number of nitrogens with zero attached hydrogens (tertiary/aromatic N) is 2. The number of fused-ring (bicyclic) bond motifs is 1. The molecule has 1 aliphatic carbocycles. The number of benzene rings is 2. The molecule has 1 amide bonds. The predicted octanol–water partition coefficient (Wildman–Crippen LogP) is 7.74. The first-order chi connectivity index (χ1) is 21.0. The van der Waals surface area contributed by atoms with Crippen LogP contribution >= 0.6 is 23.2 Å². The third-order valence-corrected chi connectivity index (χ3v) is 9.93. The van der Waals surface area contributed by atoms with Crippen LogP contribution in [0.1, 0.15) is 70.7 Å². The quantitative estimate of drug-likeness (QED) is 0.154. The molecule has 3 N–H and O–H groups in total. The average Bonchev–Trinajstić information content (AvgIpc) is 3.48. The maximum absolute atomic E-state index is 13.8. The molecule has 0 spiro atoms. The highest BCUT2D eigenvalue weighted by Gasteiger charge is 2.28. The second kappa shape index (κ2) is 13.2. The molecule has 0 saturated heterocycles. The molecule has 0 radical (unpaired) electrons. The predicted molar refractivity (Wildman–Crippen MR) is 175 cm³/mol. The van der Waals surface area contributed by atoms with Crippen molar-refractivity contribution in [1.82, 2.24) is 20.1 Å². The lowest BCUT2D eigenvalue weighted by molar-refractivity contribution is -0.143. The summed E-state index contributed by atoms with van der Waals surface area (Å²) < 4.78 is 7.93. The van der Waals surface area contributed by atoms with E-state index in [-0.39, 0.29) is 17.7 Å². The lowest BCUT2D eigenvalue weighted by Gasteiger charge is -2.26. The summed E-state index contributed by atoms with van der Waals surface area (Å²) in [6.45, 7) is 8.88. The summed E-state index contributed by atoms with van der Waals surface area (Å²) >= 11 is 13.2. The third kappa shape index (κ3) is 6.47. The Morgan fingerprint density at radius 3 is 2.36 bits per heavy atom.